The van der Waals surface area contributed by atoms with Gasteiger partial charge in [-0.3, -0.25) is 0 Å². The highest BCUT2D eigenvalue weighted by atomic mass is 32.2. The topological polar surface area (TPSA) is 58.5 Å². The van der Waals surface area contributed by atoms with Gasteiger partial charge in [-0.15, -0.1) is 0 Å². The van der Waals surface area contributed by atoms with Crippen molar-refractivity contribution < 1.29 is 8.42 Å². The van der Waals surface area contributed by atoms with Gasteiger partial charge in [0.2, 0.25) is 0 Å². The lowest BCUT2D eigenvalue weighted by Gasteiger charge is -2.02. The molecule has 0 unspecified atom stereocenters. The molecule has 0 aliphatic rings. The lowest BCUT2D eigenvalue weighted by atomic mass is 10.2. The number of nitrogens with one attached hydrogen (secondary N) is 1. The predicted octanol–water partition coefficient (Wildman–Crippen LogP) is 1.28. The van der Waals surface area contributed by atoms with Crippen molar-refractivity contribution in [3.05, 3.63) is 29.8 Å². The molecule has 4 nitrogen and oxygen atoms in total. The molecule has 1 aromatic rings. The van der Waals surface area contributed by atoms with E-state index in [-0.39, 0.29) is 4.90 Å². The van der Waals surface area contributed by atoms with Gasteiger partial charge in [0.1, 0.15) is 0 Å². The fraction of sp³-hybridized carbons (Fsp3) is 0.222. The molecule has 0 saturated carbocycles. The van der Waals surface area contributed by atoms with Crippen molar-refractivity contribution in [2.45, 2.75) is 18.7 Å². The first-order chi connectivity index (χ1) is 6.56. The Bertz CT molecular complexity index is 421. The Morgan fingerprint density at radius 2 is 1.86 bits per heavy atom. The molecule has 0 atom stereocenters. The molecule has 0 amide bonds. The minimum atomic E-state index is -3.49. The maximum atomic E-state index is 11.5. The number of hydrogen-bond donors (Lipinski definition) is 1. The Hall–Kier alpha value is -1.36. The molecule has 5 heteroatoms. The molecular weight excluding hydrogens is 200 g/mol. The van der Waals surface area contributed by atoms with E-state index in [2.05, 4.69) is 9.93 Å². The van der Waals surface area contributed by atoms with Crippen LogP contribution in [0.4, 0.5) is 0 Å². The zero-order valence-electron chi connectivity index (χ0n) is 8.06. The van der Waals surface area contributed by atoms with Crippen molar-refractivity contribution in [2.24, 2.45) is 5.10 Å². The second-order valence-corrected chi connectivity index (χ2v) is 4.46. The van der Waals surface area contributed by atoms with Crippen LogP contribution in [0.3, 0.4) is 0 Å². The van der Waals surface area contributed by atoms with E-state index < -0.39 is 10.0 Å². The molecule has 0 fully saturated rings. The summed E-state index contributed by atoms with van der Waals surface area (Å²) in [6.45, 7) is 3.53. The van der Waals surface area contributed by atoms with Crippen LogP contribution in [-0.4, -0.2) is 14.6 Å². The molecule has 0 heterocycles. The van der Waals surface area contributed by atoms with E-state index in [1.807, 2.05) is 6.92 Å². The number of hydrogen-bond acceptors (Lipinski definition) is 3. The summed E-state index contributed by atoms with van der Waals surface area (Å²) in [6, 6.07) is 6.57. The average molecular weight is 212 g/mol. The molecule has 0 radical (unpaired) electrons. The highest BCUT2D eigenvalue weighted by Crippen LogP contribution is 2.09. The van der Waals surface area contributed by atoms with Crippen molar-refractivity contribution in [3.8, 4) is 0 Å². The summed E-state index contributed by atoms with van der Waals surface area (Å²) in [5, 5.41) is 3.48. The fourth-order valence-corrected chi connectivity index (χ4v) is 1.74. The Kier molecular flexibility index (Phi) is 3.24. The van der Waals surface area contributed by atoms with Crippen molar-refractivity contribution in [1.29, 1.82) is 0 Å². The molecule has 76 valence electrons. The standard InChI is InChI=1S/C9H12N2O2S/c1-3-10-11-14(12,13)9-6-4-8(2)5-7-9/h3-7,11H,1-2H3/b10-3+. The van der Waals surface area contributed by atoms with Crippen LogP contribution in [-0.2, 0) is 10.0 Å². The van der Waals surface area contributed by atoms with E-state index in [9.17, 15) is 8.42 Å². The number of sulfonamides is 1. The molecule has 1 rings (SSSR count). The quantitative estimate of drug-likeness (QED) is 0.606. The normalized spacial score (nSPS) is 11.9. The number of nitrogens with zero attached hydrogens (tertiary/aromatic N) is 1. The highest BCUT2D eigenvalue weighted by molar-refractivity contribution is 7.89. The maximum Gasteiger partial charge on any atom is 0.276 e. The predicted molar refractivity (Wildman–Crippen MR) is 55.7 cm³/mol. The Morgan fingerprint density at radius 1 is 1.29 bits per heavy atom. The van der Waals surface area contributed by atoms with Gasteiger partial charge < -0.3 is 0 Å². The second-order valence-electron chi connectivity index (χ2n) is 2.80. The zero-order chi connectivity index (χ0) is 10.6. The van der Waals surface area contributed by atoms with Crippen molar-refractivity contribution in [1.82, 2.24) is 4.83 Å². The average Bonchev–Trinajstić information content (AvgIpc) is 2.16. The summed E-state index contributed by atoms with van der Waals surface area (Å²) in [5.41, 5.74) is 1.02. The molecule has 0 saturated heterocycles. The zero-order valence-corrected chi connectivity index (χ0v) is 8.88. The Balaban J connectivity index is 2.99. The summed E-state index contributed by atoms with van der Waals surface area (Å²) < 4.78 is 23.0. The van der Waals surface area contributed by atoms with Gasteiger partial charge in [-0.2, -0.15) is 13.5 Å². The van der Waals surface area contributed by atoms with E-state index in [0.717, 1.165) is 5.56 Å². The summed E-state index contributed by atoms with van der Waals surface area (Å²) in [5.74, 6) is 0. The van der Waals surface area contributed by atoms with Gasteiger partial charge >= 0.3 is 0 Å². The molecular formula is C9H12N2O2S. The van der Waals surface area contributed by atoms with Crippen LogP contribution in [0.5, 0.6) is 0 Å². The van der Waals surface area contributed by atoms with Gasteiger partial charge in [-0.1, -0.05) is 17.7 Å². The first kappa shape index (κ1) is 10.7. The first-order valence-electron chi connectivity index (χ1n) is 4.12. The van der Waals surface area contributed by atoms with Crippen LogP contribution in [0.15, 0.2) is 34.3 Å². The smallest absolute Gasteiger partial charge is 0.200 e. The van der Waals surface area contributed by atoms with E-state index in [4.69, 9.17) is 0 Å². The van der Waals surface area contributed by atoms with Gasteiger partial charge in [0.05, 0.1) is 4.90 Å². The van der Waals surface area contributed by atoms with Gasteiger partial charge in [0.25, 0.3) is 10.0 Å². The third-order valence-electron chi connectivity index (χ3n) is 1.63. The molecule has 14 heavy (non-hydrogen) atoms. The summed E-state index contributed by atoms with van der Waals surface area (Å²) in [6.07, 6.45) is 1.38. The lowest BCUT2D eigenvalue weighted by molar-refractivity contribution is 0.584. The van der Waals surface area contributed by atoms with Gasteiger partial charge in [-0.05, 0) is 26.0 Å². The van der Waals surface area contributed by atoms with E-state index in [1.54, 1.807) is 31.2 Å². The van der Waals surface area contributed by atoms with Crippen molar-refractivity contribution in [3.63, 3.8) is 0 Å². The third kappa shape index (κ3) is 2.56. The number of aryl methyl sites for hydroxylation is 1. The van der Waals surface area contributed by atoms with Crippen LogP contribution in [0.2, 0.25) is 0 Å². The molecule has 0 aliphatic carbocycles. The van der Waals surface area contributed by atoms with Gasteiger partial charge in [-0.25, -0.2) is 4.83 Å². The number of hydrazone groups is 1. The van der Waals surface area contributed by atoms with Crippen LogP contribution in [0.25, 0.3) is 0 Å². The molecule has 0 spiro atoms. The fourth-order valence-electron chi connectivity index (χ4n) is 0.892. The van der Waals surface area contributed by atoms with Gasteiger partial charge in [0, 0.05) is 6.21 Å². The highest BCUT2D eigenvalue weighted by Gasteiger charge is 2.11. The summed E-state index contributed by atoms with van der Waals surface area (Å²) in [7, 11) is -3.49. The molecule has 0 aromatic heterocycles. The molecule has 1 N–H and O–H groups in total. The molecule has 1 aromatic carbocycles. The minimum absolute atomic E-state index is 0.216. The second kappa shape index (κ2) is 4.23. The number of benzene rings is 1. The van der Waals surface area contributed by atoms with Crippen molar-refractivity contribution >= 4 is 16.2 Å². The number of rotatable bonds is 3. The largest absolute Gasteiger partial charge is 0.276 e. The minimum Gasteiger partial charge on any atom is -0.200 e. The first-order valence-corrected chi connectivity index (χ1v) is 5.61. The van der Waals surface area contributed by atoms with Gasteiger partial charge in [0.15, 0.2) is 0 Å². The Labute approximate surface area is 83.7 Å². The van der Waals surface area contributed by atoms with Crippen LogP contribution < -0.4 is 4.83 Å². The molecule has 0 aliphatic heterocycles. The summed E-state index contributed by atoms with van der Waals surface area (Å²) in [4.78, 5) is 2.30. The van der Waals surface area contributed by atoms with Crippen molar-refractivity contribution in [2.75, 3.05) is 0 Å². The van der Waals surface area contributed by atoms with E-state index in [1.165, 1.54) is 6.21 Å². The molecule has 0 bridgehead atoms. The van der Waals surface area contributed by atoms with Crippen LogP contribution in [0, 0.1) is 6.92 Å². The Morgan fingerprint density at radius 3 is 2.36 bits per heavy atom. The summed E-state index contributed by atoms with van der Waals surface area (Å²) >= 11 is 0. The van der Waals surface area contributed by atoms with Crippen LogP contribution in [0.1, 0.15) is 12.5 Å². The maximum absolute atomic E-state index is 11.5. The SMILES string of the molecule is C/C=N/NS(=O)(=O)c1ccc(C)cc1. The lowest BCUT2D eigenvalue weighted by Crippen LogP contribution is -2.17. The monoisotopic (exact) mass is 212 g/mol. The van der Waals surface area contributed by atoms with E-state index >= 15 is 0 Å². The van der Waals surface area contributed by atoms with E-state index in [0.29, 0.717) is 0 Å². The van der Waals surface area contributed by atoms with Crippen LogP contribution >= 0.6 is 0 Å². The third-order valence-corrected chi connectivity index (χ3v) is 2.87.